The largest absolute Gasteiger partial charge is 0.466 e. The van der Waals surface area contributed by atoms with Crippen LogP contribution in [0.5, 0.6) is 0 Å². The number of hydroxylamine groups is 2. The summed E-state index contributed by atoms with van der Waals surface area (Å²) in [7, 11) is 0.684. The number of carbonyl (C=O) groups is 2. The highest BCUT2D eigenvalue weighted by Crippen LogP contribution is 2.16. The first-order chi connectivity index (χ1) is 13.2. The molecule has 2 aliphatic heterocycles. The lowest BCUT2D eigenvalue weighted by Gasteiger charge is -2.24. The van der Waals surface area contributed by atoms with Gasteiger partial charge in [-0.2, -0.15) is 0 Å². The van der Waals surface area contributed by atoms with Gasteiger partial charge in [-0.25, -0.2) is 14.7 Å². The van der Waals surface area contributed by atoms with Crippen LogP contribution in [0.3, 0.4) is 0 Å². The summed E-state index contributed by atoms with van der Waals surface area (Å²) < 4.78 is 15.3. The quantitative estimate of drug-likeness (QED) is 0.337. The van der Waals surface area contributed by atoms with Crippen LogP contribution < -0.4 is 0 Å². The van der Waals surface area contributed by atoms with E-state index in [0.29, 0.717) is 24.3 Å². The maximum Gasteiger partial charge on any atom is 0.350 e. The first kappa shape index (κ1) is 21.6. The van der Waals surface area contributed by atoms with Crippen LogP contribution in [0.25, 0.3) is 0 Å². The van der Waals surface area contributed by atoms with E-state index in [4.69, 9.17) is 14.2 Å². The van der Waals surface area contributed by atoms with Gasteiger partial charge in [-0.3, -0.25) is 0 Å². The number of oxime groups is 2. The van der Waals surface area contributed by atoms with E-state index in [9.17, 15) is 9.59 Å². The molecule has 2 heterocycles. The molecule has 0 amide bonds. The van der Waals surface area contributed by atoms with Crippen LogP contribution in [0.1, 0.15) is 12.8 Å². The monoisotopic (exact) mass is 411 g/mol. The zero-order valence-corrected chi connectivity index (χ0v) is 17.6. The van der Waals surface area contributed by atoms with Crippen LogP contribution in [0.4, 0.5) is 0 Å². The number of ether oxygens (including phenoxy) is 2. The fraction of sp³-hybridized carbons (Fsp3) is 0.529. The Labute approximate surface area is 164 Å². The molecule has 0 bridgehead atoms. The number of hydrogen-bond donors (Lipinski definition) is 0. The van der Waals surface area contributed by atoms with Crippen LogP contribution in [-0.4, -0.2) is 63.2 Å². The standard InChI is InChI=1S/C17H25N3O7Si/c1-23-16(21)14-10-12(18-25-14)6-8-20(27-28(3,4)5)9-7-13-11-15(26-19-13)17(22)24-2/h6-9,14-15H,10-11H2,1-5H3/b8-6-,9-7-. The van der Waals surface area contributed by atoms with Crippen molar-refractivity contribution in [3.8, 4) is 0 Å². The molecule has 2 atom stereocenters. The molecule has 0 fully saturated rings. The first-order valence-electron chi connectivity index (χ1n) is 8.66. The van der Waals surface area contributed by atoms with Crippen molar-refractivity contribution < 1.29 is 33.3 Å². The number of hydrogen-bond acceptors (Lipinski definition) is 10. The minimum absolute atomic E-state index is 0.315. The molecule has 154 valence electrons. The summed E-state index contributed by atoms with van der Waals surface area (Å²) in [6.07, 6.45) is 5.90. The van der Waals surface area contributed by atoms with E-state index in [-0.39, 0.29) is 0 Å². The number of methoxy groups -OCH3 is 2. The fourth-order valence-corrected chi connectivity index (χ4v) is 3.00. The molecule has 2 unspecified atom stereocenters. The predicted octanol–water partition coefficient (Wildman–Crippen LogP) is 1.72. The van der Waals surface area contributed by atoms with Gasteiger partial charge in [-0.1, -0.05) is 10.3 Å². The third-order valence-corrected chi connectivity index (χ3v) is 4.28. The van der Waals surface area contributed by atoms with Crippen LogP contribution in [-0.2, 0) is 33.3 Å². The highest BCUT2D eigenvalue weighted by molar-refractivity contribution is 6.69. The smallest absolute Gasteiger partial charge is 0.350 e. The molecule has 0 aromatic rings. The Bertz CT molecular complexity index is 660. The Morgan fingerprint density at radius 1 is 0.964 bits per heavy atom. The summed E-state index contributed by atoms with van der Waals surface area (Å²) in [5.74, 6) is -0.941. The van der Waals surface area contributed by atoms with Crippen molar-refractivity contribution in [2.45, 2.75) is 44.7 Å². The molecule has 0 aliphatic carbocycles. The minimum Gasteiger partial charge on any atom is -0.466 e. The topological polar surface area (TPSA) is 108 Å². The normalized spacial score (nSPS) is 21.9. The van der Waals surface area contributed by atoms with Gasteiger partial charge in [-0.05, 0) is 31.8 Å². The molecule has 0 aromatic carbocycles. The number of nitrogens with zero attached hydrogens (tertiary/aromatic N) is 3. The lowest BCUT2D eigenvalue weighted by atomic mass is 10.2. The minimum atomic E-state index is -1.92. The maximum absolute atomic E-state index is 11.5. The average molecular weight is 411 g/mol. The summed E-state index contributed by atoms with van der Waals surface area (Å²) in [5, 5.41) is 9.28. The molecule has 0 aromatic heterocycles. The van der Waals surface area contributed by atoms with E-state index in [1.165, 1.54) is 19.3 Å². The summed E-state index contributed by atoms with van der Waals surface area (Å²) in [4.78, 5) is 33.1. The van der Waals surface area contributed by atoms with Gasteiger partial charge in [0.2, 0.25) is 20.5 Å². The molecule has 2 rings (SSSR count). The van der Waals surface area contributed by atoms with E-state index in [1.54, 1.807) is 24.6 Å². The molecular weight excluding hydrogens is 386 g/mol. The van der Waals surface area contributed by atoms with Crippen LogP contribution in [0, 0.1) is 0 Å². The van der Waals surface area contributed by atoms with E-state index >= 15 is 0 Å². The second-order valence-electron chi connectivity index (χ2n) is 7.00. The summed E-state index contributed by atoms with van der Waals surface area (Å²) >= 11 is 0. The molecule has 0 saturated heterocycles. The second-order valence-corrected chi connectivity index (χ2v) is 11.4. The Kier molecular flexibility index (Phi) is 7.35. The van der Waals surface area contributed by atoms with Gasteiger partial charge in [0, 0.05) is 25.2 Å². The van der Waals surface area contributed by atoms with Gasteiger partial charge in [-0.15, -0.1) is 0 Å². The lowest BCUT2D eigenvalue weighted by molar-refractivity contribution is -0.152. The third kappa shape index (κ3) is 6.50. The predicted molar refractivity (Wildman–Crippen MR) is 102 cm³/mol. The third-order valence-electron chi connectivity index (χ3n) is 3.52. The van der Waals surface area contributed by atoms with E-state index in [1.807, 2.05) is 19.6 Å². The molecule has 0 spiro atoms. The summed E-state index contributed by atoms with van der Waals surface area (Å²) in [5.41, 5.74) is 1.17. The molecule has 11 heteroatoms. The molecule has 0 radical (unpaired) electrons. The van der Waals surface area contributed by atoms with Crippen LogP contribution in [0.15, 0.2) is 34.9 Å². The van der Waals surface area contributed by atoms with Gasteiger partial charge in [0.1, 0.15) is 0 Å². The zero-order chi connectivity index (χ0) is 20.7. The molecule has 2 aliphatic rings. The second kappa shape index (κ2) is 9.51. The van der Waals surface area contributed by atoms with E-state index in [0.717, 1.165) is 0 Å². The van der Waals surface area contributed by atoms with Gasteiger partial charge in [0.15, 0.2) is 0 Å². The number of carbonyl (C=O) groups excluding carboxylic acids is 2. The highest BCUT2D eigenvalue weighted by Gasteiger charge is 2.29. The van der Waals surface area contributed by atoms with Crippen molar-refractivity contribution in [3.05, 3.63) is 24.6 Å². The van der Waals surface area contributed by atoms with Crippen molar-refractivity contribution in [1.29, 1.82) is 0 Å². The SMILES string of the molecule is COC(=O)C1CC(/C=C\N(/C=C\C2=NOC(C(=O)OC)C2)O[Si](C)(C)C)=NO1. The van der Waals surface area contributed by atoms with Crippen LogP contribution >= 0.6 is 0 Å². The molecule has 0 N–H and O–H groups in total. The Morgan fingerprint density at radius 2 is 1.39 bits per heavy atom. The number of rotatable bonds is 8. The van der Waals surface area contributed by atoms with E-state index in [2.05, 4.69) is 19.8 Å². The fourth-order valence-electron chi connectivity index (χ4n) is 2.25. The molecular formula is C17H25N3O7Si. The van der Waals surface area contributed by atoms with Gasteiger partial charge in [0.25, 0.3) is 0 Å². The van der Waals surface area contributed by atoms with E-state index < -0.39 is 32.5 Å². The molecule has 0 saturated carbocycles. The molecule has 10 nitrogen and oxygen atoms in total. The Morgan fingerprint density at radius 3 is 1.75 bits per heavy atom. The van der Waals surface area contributed by atoms with Crippen molar-refractivity contribution in [1.82, 2.24) is 5.06 Å². The van der Waals surface area contributed by atoms with Gasteiger partial charge >= 0.3 is 11.9 Å². The van der Waals surface area contributed by atoms with Crippen LogP contribution in [0.2, 0.25) is 19.6 Å². The first-order valence-corrected chi connectivity index (χ1v) is 12.1. The highest BCUT2D eigenvalue weighted by atomic mass is 28.4. The average Bonchev–Trinajstić information content (AvgIpc) is 3.31. The van der Waals surface area contributed by atoms with Gasteiger partial charge < -0.3 is 23.7 Å². The summed E-state index contributed by atoms with van der Waals surface area (Å²) in [6.45, 7) is 6.11. The maximum atomic E-state index is 11.5. The Balaban J connectivity index is 1.99. The van der Waals surface area contributed by atoms with Crippen molar-refractivity contribution in [3.63, 3.8) is 0 Å². The van der Waals surface area contributed by atoms with Crippen molar-refractivity contribution in [2.24, 2.45) is 10.3 Å². The van der Waals surface area contributed by atoms with Gasteiger partial charge in [0.05, 0.1) is 25.6 Å². The summed E-state index contributed by atoms with van der Waals surface area (Å²) in [6, 6.07) is 0. The number of allylic oxidation sites excluding steroid dienone is 2. The number of esters is 2. The molecule has 28 heavy (non-hydrogen) atoms. The zero-order valence-electron chi connectivity index (χ0n) is 16.6. The Hall–Kier alpha value is -2.66. The lowest BCUT2D eigenvalue weighted by Crippen LogP contribution is -2.32. The van der Waals surface area contributed by atoms with Crippen molar-refractivity contribution in [2.75, 3.05) is 14.2 Å². The van der Waals surface area contributed by atoms with Crippen molar-refractivity contribution >= 4 is 31.7 Å².